The topological polar surface area (TPSA) is 93.4 Å². The largest absolute Gasteiger partial charge is 0.418 e. The molecular weight excluding hydrogens is 528 g/mol. The van der Waals surface area contributed by atoms with E-state index in [1.54, 1.807) is 0 Å². The first kappa shape index (κ1) is 26.8. The highest BCUT2D eigenvalue weighted by atomic mass is 32.1. The summed E-state index contributed by atoms with van der Waals surface area (Å²) < 4.78 is 55.3. The second-order valence-electron chi connectivity index (χ2n) is 8.51. The summed E-state index contributed by atoms with van der Waals surface area (Å²) in [7, 11) is 3.00. The quantitative estimate of drug-likeness (QED) is 0.382. The number of hydrogen-bond donors (Lipinski definition) is 1. The molecule has 2 amide bonds. The molecule has 198 valence electrons. The fourth-order valence-corrected chi connectivity index (χ4v) is 5.20. The lowest BCUT2D eigenvalue weighted by molar-refractivity contribution is -0.137. The Bertz CT molecular complexity index is 1690. The molecule has 0 aliphatic heterocycles. The number of amides is 2. The summed E-state index contributed by atoms with van der Waals surface area (Å²) in [5.41, 5.74) is -3.09. The molecule has 0 aliphatic rings. The van der Waals surface area contributed by atoms with Crippen molar-refractivity contribution in [1.29, 1.82) is 0 Å². The molecule has 38 heavy (non-hydrogen) atoms. The molecule has 2 heterocycles. The maximum atomic E-state index is 13.5. The van der Waals surface area contributed by atoms with Gasteiger partial charge in [0, 0.05) is 14.1 Å². The third-order valence-corrected chi connectivity index (χ3v) is 7.01. The van der Waals surface area contributed by atoms with Gasteiger partial charge in [-0.3, -0.25) is 19.0 Å². The van der Waals surface area contributed by atoms with E-state index in [2.05, 4.69) is 5.32 Å². The van der Waals surface area contributed by atoms with E-state index in [9.17, 15) is 36.7 Å². The zero-order chi connectivity index (χ0) is 27.9. The van der Waals surface area contributed by atoms with Crippen molar-refractivity contribution >= 4 is 39.1 Å². The van der Waals surface area contributed by atoms with Gasteiger partial charge >= 0.3 is 11.9 Å². The summed E-state index contributed by atoms with van der Waals surface area (Å²) in [4.78, 5) is 54.1. The van der Waals surface area contributed by atoms with Crippen molar-refractivity contribution in [3.05, 3.63) is 91.2 Å². The average Bonchev–Trinajstić information content (AvgIpc) is 3.19. The lowest BCUT2D eigenvalue weighted by atomic mass is 10.1. The van der Waals surface area contributed by atoms with Gasteiger partial charge in [0.2, 0.25) is 5.91 Å². The first-order valence-electron chi connectivity index (χ1n) is 11.0. The number of para-hydroxylation sites is 1. The van der Waals surface area contributed by atoms with Crippen LogP contribution in [0.25, 0.3) is 15.9 Å². The SMILES string of the molecule is Cc1c(C(=O)N(C)C)sc2c1c(=O)n(-c1ccc(F)cc1)c(=O)n2CC(=O)Nc1ccccc1C(F)(F)F. The Morgan fingerprint density at radius 1 is 1.03 bits per heavy atom. The summed E-state index contributed by atoms with van der Waals surface area (Å²) in [6, 6.07) is 8.83. The Hall–Kier alpha value is -4.26. The summed E-state index contributed by atoms with van der Waals surface area (Å²) in [5.74, 6) is -2.03. The van der Waals surface area contributed by atoms with Crippen LogP contribution in [0.3, 0.4) is 0 Å². The molecule has 13 heteroatoms. The number of halogens is 4. The van der Waals surface area contributed by atoms with Gasteiger partial charge < -0.3 is 10.2 Å². The Labute approximate surface area is 216 Å². The molecule has 2 aromatic carbocycles. The Kier molecular flexibility index (Phi) is 6.98. The van der Waals surface area contributed by atoms with Gasteiger partial charge in [0.1, 0.15) is 17.2 Å². The van der Waals surface area contributed by atoms with Crippen molar-refractivity contribution in [2.75, 3.05) is 19.4 Å². The van der Waals surface area contributed by atoms with E-state index in [0.29, 0.717) is 0 Å². The van der Waals surface area contributed by atoms with Crippen molar-refractivity contribution in [1.82, 2.24) is 14.0 Å². The number of nitrogens with zero attached hydrogens (tertiary/aromatic N) is 3. The monoisotopic (exact) mass is 548 g/mol. The van der Waals surface area contributed by atoms with Gasteiger partial charge in [-0.25, -0.2) is 13.8 Å². The Morgan fingerprint density at radius 2 is 1.66 bits per heavy atom. The van der Waals surface area contributed by atoms with Crippen LogP contribution in [0.2, 0.25) is 0 Å². The maximum absolute atomic E-state index is 13.5. The van der Waals surface area contributed by atoms with Crippen LogP contribution in [0.15, 0.2) is 58.1 Å². The number of anilines is 1. The zero-order valence-electron chi connectivity index (χ0n) is 20.2. The smallest absolute Gasteiger partial charge is 0.344 e. The second kappa shape index (κ2) is 9.89. The van der Waals surface area contributed by atoms with Gasteiger partial charge in [-0.2, -0.15) is 13.2 Å². The molecule has 0 bridgehead atoms. The van der Waals surface area contributed by atoms with Gasteiger partial charge in [0.25, 0.3) is 11.5 Å². The van der Waals surface area contributed by atoms with Gasteiger partial charge in [-0.05, 0) is 48.9 Å². The molecular formula is C25H20F4N4O4S. The van der Waals surface area contributed by atoms with Crippen molar-refractivity contribution in [3.63, 3.8) is 0 Å². The third kappa shape index (κ3) is 4.84. The van der Waals surface area contributed by atoms with Gasteiger partial charge in [-0.1, -0.05) is 12.1 Å². The van der Waals surface area contributed by atoms with E-state index in [4.69, 9.17) is 0 Å². The lowest BCUT2D eigenvalue weighted by Crippen LogP contribution is -2.40. The summed E-state index contributed by atoms with van der Waals surface area (Å²) in [5, 5.41) is 2.15. The second-order valence-corrected chi connectivity index (χ2v) is 9.51. The van der Waals surface area contributed by atoms with Crippen molar-refractivity contribution < 1.29 is 27.2 Å². The van der Waals surface area contributed by atoms with Gasteiger partial charge in [-0.15, -0.1) is 11.3 Å². The van der Waals surface area contributed by atoms with E-state index < -0.39 is 52.9 Å². The minimum Gasteiger partial charge on any atom is -0.344 e. The first-order chi connectivity index (χ1) is 17.8. The average molecular weight is 549 g/mol. The minimum absolute atomic E-state index is 0.000295. The Morgan fingerprint density at radius 3 is 2.26 bits per heavy atom. The maximum Gasteiger partial charge on any atom is 0.418 e. The molecule has 0 saturated heterocycles. The van der Waals surface area contributed by atoms with E-state index in [1.807, 2.05) is 0 Å². The molecule has 0 aliphatic carbocycles. The number of carbonyl (C=O) groups excluding carboxylic acids is 2. The van der Waals surface area contributed by atoms with Crippen LogP contribution >= 0.6 is 11.3 Å². The molecule has 8 nitrogen and oxygen atoms in total. The number of alkyl halides is 3. The number of hydrogen-bond acceptors (Lipinski definition) is 5. The number of carbonyl (C=O) groups is 2. The number of rotatable bonds is 5. The fraction of sp³-hybridized carbons (Fsp3) is 0.200. The highest BCUT2D eigenvalue weighted by Crippen LogP contribution is 2.34. The van der Waals surface area contributed by atoms with Crippen molar-refractivity contribution in [3.8, 4) is 5.69 Å². The minimum atomic E-state index is -4.74. The van der Waals surface area contributed by atoms with Gasteiger partial charge in [0.05, 0.1) is 27.2 Å². The number of nitrogens with one attached hydrogen (secondary N) is 1. The molecule has 0 radical (unpaired) electrons. The van der Waals surface area contributed by atoms with E-state index >= 15 is 0 Å². The van der Waals surface area contributed by atoms with E-state index in [1.165, 1.54) is 50.2 Å². The molecule has 0 saturated carbocycles. The predicted molar refractivity (Wildman–Crippen MR) is 134 cm³/mol. The highest BCUT2D eigenvalue weighted by molar-refractivity contribution is 7.20. The number of benzene rings is 2. The molecule has 0 unspecified atom stereocenters. The molecule has 4 rings (SSSR count). The summed E-state index contributed by atoms with van der Waals surface area (Å²) >= 11 is 0.816. The van der Waals surface area contributed by atoms with Crippen LogP contribution in [0.1, 0.15) is 20.8 Å². The van der Waals surface area contributed by atoms with Crippen LogP contribution in [-0.2, 0) is 17.5 Å². The molecule has 0 fully saturated rings. The molecule has 2 aromatic heterocycles. The number of fused-ring (bicyclic) bond motifs is 1. The molecule has 0 atom stereocenters. The summed E-state index contributed by atoms with van der Waals surface area (Å²) in [6.07, 6.45) is -4.74. The molecule has 1 N–H and O–H groups in total. The molecule has 0 spiro atoms. The van der Waals surface area contributed by atoms with E-state index in [0.717, 1.165) is 44.7 Å². The van der Waals surface area contributed by atoms with Crippen molar-refractivity contribution in [2.24, 2.45) is 0 Å². The van der Waals surface area contributed by atoms with Crippen LogP contribution in [0, 0.1) is 12.7 Å². The van der Waals surface area contributed by atoms with Crippen LogP contribution < -0.4 is 16.6 Å². The number of thiophene rings is 1. The standard InChI is InChI=1S/C25H20F4N4O4S/c1-13-19-21(35)33(15-10-8-14(26)9-11-15)24(37)32(23(19)38-20(13)22(36)31(2)3)12-18(34)30-17-7-5-4-6-16(17)25(27,28)29/h4-11H,12H2,1-3H3,(H,30,34). The zero-order valence-corrected chi connectivity index (χ0v) is 21.0. The highest BCUT2D eigenvalue weighted by Gasteiger charge is 2.34. The lowest BCUT2D eigenvalue weighted by Gasteiger charge is -2.15. The van der Waals surface area contributed by atoms with Gasteiger partial charge in [0.15, 0.2) is 0 Å². The van der Waals surface area contributed by atoms with Crippen LogP contribution in [0.4, 0.5) is 23.2 Å². The van der Waals surface area contributed by atoms with Crippen molar-refractivity contribution in [2.45, 2.75) is 19.6 Å². The van der Waals surface area contributed by atoms with Crippen LogP contribution in [0.5, 0.6) is 0 Å². The molecule has 4 aromatic rings. The Balaban J connectivity index is 1.91. The van der Waals surface area contributed by atoms with E-state index in [-0.39, 0.29) is 26.3 Å². The summed E-state index contributed by atoms with van der Waals surface area (Å²) in [6.45, 7) is 0.749. The van der Waals surface area contributed by atoms with Crippen LogP contribution in [-0.4, -0.2) is 39.9 Å². The number of aryl methyl sites for hydroxylation is 1. The third-order valence-electron chi connectivity index (χ3n) is 5.71. The normalized spacial score (nSPS) is 11.6. The first-order valence-corrected chi connectivity index (χ1v) is 11.9. The fourth-order valence-electron chi connectivity index (χ4n) is 3.88. The predicted octanol–water partition coefficient (Wildman–Crippen LogP) is 4.02. The number of aromatic nitrogens is 2.